The van der Waals surface area contributed by atoms with Crippen LogP contribution in [0.2, 0.25) is 0 Å². The van der Waals surface area contributed by atoms with Crippen LogP contribution in [0.15, 0.2) is 11.6 Å². The lowest BCUT2D eigenvalue weighted by Crippen LogP contribution is -2.40. The zero-order chi connectivity index (χ0) is 10.7. The molecule has 0 bridgehead atoms. The summed E-state index contributed by atoms with van der Waals surface area (Å²) in [5, 5.41) is 2.83. The average molecular weight is 213 g/mol. The van der Waals surface area contributed by atoms with Crippen molar-refractivity contribution in [2.45, 2.75) is 25.9 Å². The van der Waals surface area contributed by atoms with Crippen LogP contribution in [0.25, 0.3) is 0 Å². The number of hydrogen-bond acceptors (Lipinski definition) is 4. The van der Waals surface area contributed by atoms with Crippen LogP contribution in [0.3, 0.4) is 0 Å². The third-order valence-corrected chi connectivity index (χ3v) is 3.07. The van der Waals surface area contributed by atoms with Crippen LogP contribution in [0.5, 0.6) is 0 Å². The van der Waals surface area contributed by atoms with E-state index >= 15 is 0 Å². The van der Waals surface area contributed by atoms with Gasteiger partial charge in [-0.2, -0.15) is 0 Å². The number of rotatable bonds is 3. The second-order valence-corrected chi connectivity index (χ2v) is 4.21. The average Bonchev–Trinajstić information content (AvgIpc) is 2.67. The molecule has 0 saturated heterocycles. The zero-order valence-corrected chi connectivity index (χ0v) is 9.41. The molecule has 2 N–H and O–H groups in total. The Labute approximate surface area is 87.7 Å². The summed E-state index contributed by atoms with van der Waals surface area (Å²) in [6.45, 7) is 3.63. The second-order valence-electron chi connectivity index (χ2n) is 3.28. The summed E-state index contributed by atoms with van der Waals surface area (Å²) < 4.78 is 0. The Morgan fingerprint density at radius 1 is 1.64 bits per heavy atom. The molecule has 78 valence electrons. The number of thiazole rings is 1. The fourth-order valence-electron chi connectivity index (χ4n) is 1.12. The first-order valence-corrected chi connectivity index (χ1v) is 5.33. The molecule has 0 radical (unpaired) electrons. The van der Waals surface area contributed by atoms with Crippen molar-refractivity contribution in [1.29, 1.82) is 0 Å². The zero-order valence-electron chi connectivity index (χ0n) is 8.60. The van der Waals surface area contributed by atoms with E-state index in [0.717, 1.165) is 5.01 Å². The molecular formula is C9H15N3OS. The summed E-state index contributed by atoms with van der Waals surface area (Å²) in [4.78, 5) is 17.3. The van der Waals surface area contributed by atoms with Crippen LogP contribution in [-0.2, 0) is 4.79 Å². The van der Waals surface area contributed by atoms with Crippen LogP contribution in [0.4, 0.5) is 0 Å². The van der Waals surface area contributed by atoms with Gasteiger partial charge in [-0.05, 0) is 13.8 Å². The molecule has 0 spiro atoms. The molecule has 1 aromatic rings. The summed E-state index contributed by atoms with van der Waals surface area (Å²) in [5.41, 5.74) is 5.52. The molecule has 0 aromatic carbocycles. The maximum Gasteiger partial charge on any atom is 0.239 e. The Balaban J connectivity index is 2.70. The quantitative estimate of drug-likeness (QED) is 0.815. The predicted molar refractivity (Wildman–Crippen MR) is 56.9 cm³/mol. The van der Waals surface area contributed by atoms with Crippen LogP contribution in [-0.4, -0.2) is 28.9 Å². The highest BCUT2D eigenvalue weighted by atomic mass is 32.1. The minimum atomic E-state index is -0.456. The molecular weight excluding hydrogens is 198 g/mol. The highest BCUT2D eigenvalue weighted by molar-refractivity contribution is 7.09. The van der Waals surface area contributed by atoms with Gasteiger partial charge >= 0.3 is 0 Å². The van der Waals surface area contributed by atoms with Crippen molar-refractivity contribution >= 4 is 17.2 Å². The summed E-state index contributed by atoms with van der Waals surface area (Å²) in [6, 6.07) is -0.462. The van der Waals surface area contributed by atoms with Gasteiger partial charge in [-0.15, -0.1) is 11.3 Å². The molecule has 0 unspecified atom stereocenters. The van der Waals surface area contributed by atoms with E-state index in [9.17, 15) is 4.79 Å². The molecule has 0 saturated carbocycles. The third kappa shape index (κ3) is 2.30. The van der Waals surface area contributed by atoms with E-state index in [1.54, 1.807) is 36.4 Å². The van der Waals surface area contributed by atoms with Gasteiger partial charge in [0.05, 0.1) is 12.1 Å². The lowest BCUT2D eigenvalue weighted by Gasteiger charge is -2.24. The van der Waals surface area contributed by atoms with E-state index in [0.29, 0.717) is 0 Å². The molecule has 0 aliphatic carbocycles. The minimum absolute atomic E-state index is 0.00602. The first kappa shape index (κ1) is 11.1. The van der Waals surface area contributed by atoms with Crippen LogP contribution in [0, 0.1) is 0 Å². The number of amides is 1. The summed E-state index contributed by atoms with van der Waals surface area (Å²) in [7, 11) is 1.75. The number of carbonyl (C=O) groups excluding carboxylic acids is 1. The molecule has 2 atom stereocenters. The van der Waals surface area contributed by atoms with Gasteiger partial charge in [-0.25, -0.2) is 4.98 Å². The molecule has 4 nitrogen and oxygen atoms in total. The van der Waals surface area contributed by atoms with Gasteiger partial charge in [0.1, 0.15) is 5.01 Å². The summed E-state index contributed by atoms with van der Waals surface area (Å²) >= 11 is 1.54. The minimum Gasteiger partial charge on any atom is -0.335 e. The van der Waals surface area contributed by atoms with E-state index < -0.39 is 6.04 Å². The number of nitrogens with zero attached hydrogens (tertiary/aromatic N) is 2. The van der Waals surface area contributed by atoms with E-state index in [-0.39, 0.29) is 11.9 Å². The highest BCUT2D eigenvalue weighted by Crippen LogP contribution is 2.20. The molecule has 1 heterocycles. The lowest BCUT2D eigenvalue weighted by atomic mass is 10.2. The third-order valence-electron chi connectivity index (χ3n) is 2.13. The SMILES string of the molecule is C[C@H](N)C(=O)N(C)[C@H](C)c1nccs1. The van der Waals surface area contributed by atoms with Crippen molar-refractivity contribution in [2.75, 3.05) is 7.05 Å². The van der Waals surface area contributed by atoms with Gasteiger partial charge < -0.3 is 10.6 Å². The highest BCUT2D eigenvalue weighted by Gasteiger charge is 2.21. The van der Waals surface area contributed by atoms with Gasteiger partial charge in [0.15, 0.2) is 0 Å². The number of aromatic nitrogens is 1. The lowest BCUT2D eigenvalue weighted by molar-refractivity contribution is -0.132. The van der Waals surface area contributed by atoms with E-state index in [4.69, 9.17) is 5.73 Å². The molecule has 1 amide bonds. The number of carbonyl (C=O) groups is 1. The Kier molecular flexibility index (Phi) is 3.60. The largest absolute Gasteiger partial charge is 0.335 e. The molecule has 14 heavy (non-hydrogen) atoms. The topological polar surface area (TPSA) is 59.2 Å². The molecule has 1 rings (SSSR count). The van der Waals surface area contributed by atoms with Crippen molar-refractivity contribution in [3.05, 3.63) is 16.6 Å². The second kappa shape index (κ2) is 4.52. The smallest absolute Gasteiger partial charge is 0.239 e. The summed E-state index contributed by atoms with van der Waals surface area (Å²) in [5.74, 6) is -0.0623. The number of likely N-dealkylation sites (N-methyl/N-ethyl adjacent to an activating group) is 1. The molecule has 0 fully saturated rings. The van der Waals surface area contributed by atoms with Crippen LogP contribution < -0.4 is 5.73 Å². The maximum atomic E-state index is 11.6. The van der Waals surface area contributed by atoms with Crippen molar-refractivity contribution in [3.63, 3.8) is 0 Å². The van der Waals surface area contributed by atoms with Crippen molar-refractivity contribution in [3.8, 4) is 0 Å². The molecule has 0 aliphatic heterocycles. The van der Waals surface area contributed by atoms with E-state index in [1.807, 2.05) is 12.3 Å². The molecule has 1 aromatic heterocycles. The monoisotopic (exact) mass is 213 g/mol. The van der Waals surface area contributed by atoms with Gasteiger partial charge in [0, 0.05) is 18.6 Å². The van der Waals surface area contributed by atoms with Crippen LogP contribution in [0.1, 0.15) is 24.9 Å². The first-order valence-electron chi connectivity index (χ1n) is 4.45. The van der Waals surface area contributed by atoms with Gasteiger partial charge in [0.25, 0.3) is 0 Å². The number of hydrogen-bond donors (Lipinski definition) is 1. The Bertz CT molecular complexity index is 297. The Morgan fingerprint density at radius 3 is 2.71 bits per heavy atom. The van der Waals surface area contributed by atoms with E-state index in [1.165, 1.54) is 0 Å². The van der Waals surface area contributed by atoms with E-state index in [2.05, 4.69) is 4.98 Å². The van der Waals surface area contributed by atoms with Gasteiger partial charge in [-0.1, -0.05) is 0 Å². The standard InChI is InChI=1S/C9H15N3OS/c1-6(10)9(13)12(3)7(2)8-11-4-5-14-8/h4-7H,10H2,1-3H3/t6-,7+/m0/s1. The molecule has 5 heteroatoms. The normalized spacial score (nSPS) is 14.9. The predicted octanol–water partition coefficient (Wildman–Crippen LogP) is 1.01. The fourth-order valence-corrected chi connectivity index (χ4v) is 1.86. The van der Waals surface area contributed by atoms with Crippen molar-refractivity contribution in [2.24, 2.45) is 5.73 Å². The Hall–Kier alpha value is -0.940. The van der Waals surface area contributed by atoms with Crippen LogP contribution >= 0.6 is 11.3 Å². The molecule has 0 aliphatic rings. The van der Waals surface area contributed by atoms with Gasteiger partial charge in [-0.3, -0.25) is 4.79 Å². The summed E-state index contributed by atoms with van der Waals surface area (Å²) in [6.07, 6.45) is 1.74. The fraction of sp³-hybridized carbons (Fsp3) is 0.556. The van der Waals surface area contributed by atoms with Crippen molar-refractivity contribution < 1.29 is 4.79 Å². The first-order chi connectivity index (χ1) is 6.54. The maximum absolute atomic E-state index is 11.6. The van der Waals surface area contributed by atoms with Gasteiger partial charge in [0.2, 0.25) is 5.91 Å². The number of nitrogens with two attached hydrogens (primary N) is 1. The van der Waals surface area contributed by atoms with Crippen molar-refractivity contribution in [1.82, 2.24) is 9.88 Å². The Morgan fingerprint density at radius 2 is 2.29 bits per heavy atom.